The molecule has 130 valence electrons. The second kappa shape index (κ2) is 9.50. The Morgan fingerprint density at radius 3 is 2.44 bits per heavy atom. The van der Waals surface area contributed by atoms with Crippen molar-refractivity contribution in [2.24, 2.45) is 0 Å². The van der Waals surface area contributed by atoms with E-state index in [1.54, 1.807) is 23.6 Å². The van der Waals surface area contributed by atoms with Gasteiger partial charge in [0.05, 0.1) is 6.54 Å². The first-order valence-corrected chi connectivity index (χ1v) is 9.65. The molecular weight excluding hydrogens is 350 g/mol. The molecule has 2 rings (SSSR count). The summed E-state index contributed by atoms with van der Waals surface area (Å²) in [6.07, 6.45) is 6.07. The second-order valence-corrected chi connectivity index (χ2v) is 6.81. The fourth-order valence-electron chi connectivity index (χ4n) is 2.52. The highest BCUT2D eigenvalue weighted by atomic mass is 35.5. The quantitative estimate of drug-likeness (QED) is 0.580. The average molecular weight is 372 g/mol. The van der Waals surface area contributed by atoms with Crippen LogP contribution in [-0.2, 0) is 11.3 Å². The lowest BCUT2D eigenvalue weighted by atomic mass is 10.1. The van der Waals surface area contributed by atoms with Gasteiger partial charge in [0.1, 0.15) is 0 Å². The molecule has 4 heteroatoms. The normalized spacial score (nSPS) is 12.2. The SMILES string of the molecule is C/C=C(/C=C(\SC)c1ccccc1)N(Cc1cccc(Cl)c1)C(C)=O. The van der Waals surface area contributed by atoms with E-state index in [2.05, 4.69) is 18.2 Å². The van der Waals surface area contributed by atoms with Crippen LogP contribution in [0.5, 0.6) is 0 Å². The third-order valence-electron chi connectivity index (χ3n) is 3.77. The van der Waals surface area contributed by atoms with Gasteiger partial charge in [-0.05, 0) is 42.5 Å². The van der Waals surface area contributed by atoms with E-state index in [0.717, 1.165) is 21.7 Å². The maximum absolute atomic E-state index is 12.3. The topological polar surface area (TPSA) is 20.3 Å². The van der Waals surface area contributed by atoms with E-state index in [4.69, 9.17) is 11.6 Å². The summed E-state index contributed by atoms with van der Waals surface area (Å²) < 4.78 is 0. The predicted octanol–water partition coefficient (Wildman–Crippen LogP) is 6.00. The number of halogens is 1. The Morgan fingerprint density at radius 1 is 1.16 bits per heavy atom. The number of nitrogens with zero attached hydrogens (tertiary/aromatic N) is 1. The van der Waals surface area contributed by atoms with Crippen molar-refractivity contribution < 1.29 is 4.79 Å². The molecule has 0 radical (unpaired) electrons. The molecule has 0 bridgehead atoms. The number of hydrogen-bond donors (Lipinski definition) is 0. The van der Waals surface area contributed by atoms with Crippen LogP contribution in [0.3, 0.4) is 0 Å². The van der Waals surface area contributed by atoms with Gasteiger partial charge in [-0.15, -0.1) is 11.8 Å². The van der Waals surface area contributed by atoms with Crippen LogP contribution in [0.25, 0.3) is 4.91 Å². The number of hydrogen-bond acceptors (Lipinski definition) is 2. The van der Waals surface area contributed by atoms with Crippen molar-refractivity contribution >= 4 is 34.2 Å². The lowest BCUT2D eigenvalue weighted by Crippen LogP contribution is -2.26. The van der Waals surface area contributed by atoms with Crippen molar-refractivity contribution in [2.75, 3.05) is 6.26 Å². The molecule has 0 N–H and O–H groups in total. The van der Waals surface area contributed by atoms with Crippen molar-refractivity contribution in [2.45, 2.75) is 20.4 Å². The van der Waals surface area contributed by atoms with Gasteiger partial charge in [0.15, 0.2) is 0 Å². The molecule has 0 aliphatic carbocycles. The molecule has 2 aromatic carbocycles. The van der Waals surface area contributed by atoms with Gasteiger partial charge in [-0.2, -0.15) is 0 Å². The maximum Gasteiger partial charge on any atom is 0.224 e. The van der Waals surface area contributed by atoms with Crippen molar-refractivity contribution in [1.82, 2.24) is 4.90 Å². The summed E-state index contributed by atoms with van der Waals surface area (Å²) in [5.74, 6) is -0.00200. The third kappa shape index (κ3) is 5.52. The summed E-state index contributed by atoms with van der Waals surface area (Å²) in [5.41, 5.74) is 3.02. The van der Waals surface area contributed by atoms with Gasteiger partial charge >= 0.3 is 0 Å². The Morgan fingerprint density at radius 2 is 1.88 bits per heavy atom. The summed E-state index contributed by atoms with van der Waals surface area (Å²) in [4.78, 5) is 15.1. The Kier molecular flexibility index (Phi) is 7.35. The Labute approximate surface area is 159 Å². The van der Waals surface area contributed by atoms with E-state index in [1.165, 1.54) is 0 Å². The number of rotatable bonds is 6. The molecule has 0 heterocycles. The Balaban J connectivity index is 2.34. The van der Waals surface area contributed by atoms with Crippen molar-refractivity contribution in [3.05, 3.63) is 88.6 Å². The van der Waals surface area contributed by atoms with Gasteiger partial charge in [0.25, 0.3) is 0 Å². The number of amides is 1. The molecule has 0 aliphatic heterocycles. The number of benzene rings is 2. The molecule has 0 saturated heterocycles. The molecule has 0 aromatic heterocycles. The lowest BCUT2D eigenvalue weighted by molar-refractivity contribution is -0.127. The molecule has 2 aromatic rings. The Bertz CT molecular complexity index is 783. The van der Waals surface area contributed by atoms with Crippen LogP contribution in [-0.4, -0.2) is 17.1 Å². The van der Waals surface area contributed by atoms with Crippen LogP contribution < -0.4 is 0 Å². The van der Waals surface area contributed by atoms with Gasteiger partial charge in [0, 0.05) is 22.5 Å². The summed E-state index contributed by atoms with van der Waals surface area (Å²) in [6.45, 7) is 4.02. The van der Waals surface area contributed by atoms with Gasteiger partial charge in [0.2, 0.25) is 5.91 Å². The highest BCUT2D eigenvalue weighted by Crippen LogP contribution is 2.28. The van der Waals surface area contributed by atoms with E-state index in [9.17, 15) is 4.79 Å². The molecule has 0 unspecified atom stereocenters. The van der Waals surface area contributed by atoms with Crippen LogP contribution in [0.15, 0.2) is 72.4 Å². The van der Waals surface area contributed by atoms with E-state index in [0.29, 0.717) is 11.6 Å². The van der Waals surface area contributed by atoms with E-state index < -0.39 is 0 Å². The van der Waals surface area contributed by atoms with Gasteiger partial charge < -0.3 is 4.90 Å². The minimum Gasteiger partial charge on any atom is -0.309 e. The summed E-state index contributed by atoms with van der Waals surface area (Å²) in [5, 5.41) is 0.674. The minimum atomic E-state index is -0.00200. The van der Waals surface area contributed by atoms with Gasteiger partial charge in [-0.1, -0.05) is 60.1 Å². The van der Waals surface area contributed by atoms with Gasteiger partial charge in [-0.3, -0.25) is 4.79 Å². The smallest absolute Gasteiger partial charge is 0.224 e. The van der Waals surface area contributed by atoms with Crippen LogP contribution in [0.1, 0.15) is 25.0 Å². The largest absolute Gasteiger partial charge is 0.309 e. The molecule has 0 aliphatic rings. The van der Waals surface area contributed by atoms with Crippen LogP contribution in [0.2, 0.25) is 5.02 Å². The summed E-state index contributed by atoms with van der Waals surface area (Å²) in [6, 6.07) is 17.8. The monoisotopic (exact) mass is 371 g/mol. The lowest BCUT2D eigenvalue weighted by Gasteiger charge is -2.23. The highest BCUT2D eigenvalue weighted by Gasteiger charge is 2.14. The summed E-state index contributed by atoms with van der Waals surface area (Å²) >= 11 is 7.74. The molecule has 1 amide bonds. The van der Waals surface area contributed by atoms with Crippen molar-refractivity contribution in [3.8, 4) is 0 Å². The van der Waals surface area contributed by atoms with E-state index in [-0.39, 0.29) is 5.91 Å². The van der Waals surface area contributed by atoms with E-state index in [1.807, 2.05) is 61.7 Å². The maximum atomic E-state index is 12.3. The van der Waals surface area contributed by atoms with Crippen molar-refractivity contribution in [1.29, 1.82) is 0 Å². The second-order valence-electron chi connectivity index (χ2n) is 5.53. The molecule has 25 heavy (non-hydrogen) atoms. The zero-order valence-electron chi connectivity index (χ0n) is 14.7. The molecule has 0 fully saturated rings. The van der Waals surface area contributed by atoms with Crippen molar-refractivity contribution in [3.63, 3.8) is 0 Å². The number of carbonyl (C=O) groups is 1. The molecular formula is C21H22ClNOS. The number of allylic oxidation sites excluding steroid dienone is 2. The third-order valence-corrected chi connectivity index (χ3v) is 4.80. The summed E-state index contributed by atoms with van der Waals surface area (Å²) in [7, 11) is 0. The molecule has 0 saturated carbocycles. The zero-order chi connectivity index (χ0) is 18.2. The number of thioether (sulfide) groups is 1. The van der Waals surface area contributed by atoms with Crippen LogP contribution >= 0.6 is 23.4 Å². The fraction of sp³-hybridized carbons (Fsp3) is 0.190. The van der Waals surface area contributed by atoms with Crippen LogP contribution in [0.4, 0.5) is 0 Å². The molecule has 2 nitrogen and oxygen atoms in total. The highest BCUT2D eigenvalue weighted by molar-refractivity contribution is 8.07. The Hall–Kier alpha value is -1.97. The zero-order valence-corrected chi connectivity index (χ0v) is 16.3. The predicted molar refractivity (Wildman–Crippen MR) is 109 cm³/mol. The minimum absolute atomic E-state index is 0.00200. The fourth-order valence-corrected chi connectivity index (χ4v) is 3.34. The van der Waals surface area contributed by atoms with Gasteiger partial charge in [-0.25, -0.2) is 0 Å². The molecule has 0 spiro atoms. The first-order chi connectivity index (χ1) is 12.0. The van der Waals surface area contributed by atoms with Crippen LogP contribution in [0, 0.1) is 0 Å². The standard InChI is InChI=1S/C21H22ClNOS/c1-4-20(14-21(25-3)18-10-6-5-7-11-18)23(16(2)24)15-17-9-8-12-19(22)13-17/h4-14H,15H2,1-3H3/b20-4-,21-14-. The average Bonchev–Trinajstić information content (AvgIpc) is 2.62. The van der Waals surface area contributed by atoms with E-state index >= 15 is 0 Å². The molecule has 0 atom stereocenters. The number of carbonyl (C=O) groups excluding carboxylic acids is 1. The first kappa shape index (κ1) is 19.4. The first-order valence-electron chi connectivity index (χ1n) is 8.05.